The summed E-state index contributed by atoms with van der Waals surface area (Å²) in [5.74, 6) is -10.6. The Morgan fingerprint density at radius 1 is 0.340 bits per heavy atom. The first-order chi connectivity index (χ1) is 70.5. The molecule has 5 aliphatic heterocycles. The zero-order valence-corrected chi connectivity index (χ0v) is 89.2. The van der Waals surface area contributed by atoms with Crippen LogP contribution in [-0.4, -0.2) is 570 Å². The van der Waals surface area contributed by atoms with Gasteiger partial charge in [-0.2, -0.15) is 11.8 Å². The Morgan fingerprint density at radius 2 is 0.605 bits per heavy atom. The van der Waals surface area contributed by atoms with Crippen molar-refractivity contribution in [1.82, 2.24) is 88.6 Å². The van der Waals surface area contributed by atoms with Crippen LogP contribution in [0.25, 0.3) is 0 Å². The van der Waals surface area contributed by atoms with E-state index in [0.717, 1.165) is 34.3 Å². The molecule has 834 valence electrons. The van der Waals surface area contributed by atoms with Crippen LogP contribution in [-0.2, 0) is 139 Å². The van der Waals surface area contributed by atoms with Gasteiger partial charge in [0.15, 0.2) is 0 Å². The van der Waals surface area contributed by atoms with Crippen molar-refractivity contribution in [2.75, 3.05) is 357 Å². The summed E-state index contributed by atoms with van der Waals surface area (Å²) in [5, 5.41) is 13.1. The normalized spacial score (nSPS) is 14.8. The van der Waals surface area contributed by atoms with Crippen LogP contribution in [0.4, 0.5) is 0 Å². The number of nitrogens with zero attached hydrogens (tertiary/aromatic N) is 17. The van der Waals surface area contributed by atoms with Crippen molar-refractivity contribution in [2.24, 2.45) is 17.6 Å². The summed E-state index contributed by atoms with van der Waals surface area (Å²) in [6, 6.07) is 0. The average molecular weight is 2110 g/mol. The fourth-order valence-corrected chi connectivity index (χ4v) is 18.0. The molecule has 0 aromatic heterocycles. The molecular weight excluding hydrogens is 1940 g/mol. The average Bonchev–Trinajstić information content (AvgIpc) is 1.63. The SMILES string of the molecule is COCCN(CC(N)=O)C(=O)CN(CCOC)C(=O)CN(CCOC)C(=O)CN(CCCN1CCCC1=O)C(=O)CN(CCOC)C(=O)CN(CCCN1CCCC1=O)C(=O)CN(CCOC)C(=O)CN(CCCN1CCCC1=O)C(=O)CN(CCOC)C(=O)CN(CCCN1CCCC1=O)C(=O)CN(CCOC)C(=O)CN(CCOC)C(=O)CCCCCNC(=O)CCN1C(=O)CC(CSCC(O)COCC(C)C)C1=O. The van der Waals surface area contributed by atoms with Crippen LogP contribution < -0.4 is 11.1 Å². The number of hydrogen-bond acceptors (Lipinski definition) is 31. The quantitative estimate of drug-likeness (QED) is 0.0384. The largest absolute Gasteiger partial charge is 0.390 e. The van der Waals surface area contributed by atoms with Crippen LogP contribution in [0, 0.1) is 11.8 Å². The Kier molecular flexibility index (Phi) is 62.3. The summed E-state index contributed by atoms with van der Waals surface area (Å²) in [4.78, 5) is 302. The Balaban J connectivity index is 1.37. The minimum atomic E-state index is -0.814. The van der Waals surface area contributed by atoms with Gasteiger partial charge in [-0.05, 0) is 70.1 Å². The third-order valence-electron chi connectivity index (χ3n) is 25.5. The first kappa shape index (κ1) is 127. The van der Waals surface area contributed by atoms with Gasteiger partial charge < -0.3 is 137 Å². The molecule has 0 aromatic rings. The van der Waals surface area contributed by atoms with E-state index in [-0.39, 0.29) is 264 Å². The van der Waals surface area contributed by atoms with Crippen molar-refractivity contribution in [1.29, 1.82) is 0 Å². The summed E-state index contributed by atoms with van der Waals surface area (Å²) in [7, 11) is 11.1. The number of aliphatic hydroxyl groups is 1. The predicted octanol–water partition coefficient (Wildman–Crippen LogP) is -4.16. The number of carbonyl (C=O) groups is 20. The first-order valence-electron chi connectivity index (χ1n) is 51.1. The molecule has 50 heteroatoms. The molecule has 0 radical (unpaired) electrons. The third kappa shape index (κ3) is 48.4. The van der Waals surface area contributed by atoms with Crippen LogP contribution in [0.5, 0.6) is 0 Å². The lowest BCUT2D eigenvalue weighted by Gasteiger charge is -2.33. The van der Waals surface area contributed by atoms with Gasteiger partial charge in [-0.25, -0.2) is 0 Å². The maximum absolute atomic E-state index is 15.3. The van der Waals surface area contributed by atoms with Gasteiger partial charge in [0, 0.05) is 264 Å². The number of nitrogens with two attached hydrogens (primary N) is 1. The van der Waals surface area contributed by atoms with Gasteiger partial charge in [0.25, 0.3) is 0 Å². The highest BCUT2D eigenvalue weighted by atomic mass is 32.2. The number of thioether (sulfide) groups is 1. The minimum Gasteiger partial charge on any atom is -0.390 e. The molecule has 0 aliphatic carbocycles. The van der Waals surface area contributed by atoms with Crippen LogP contribution in [0.15, 0.2) is 0 Å². The second kappa shape index (κ2) is 72.1. The molecule has 5 heterocycles. The maximum Gasteiger partial charge on any atom is 0.242 e. The number of carbonyl (C=O) groups excluding carboxylic acids is 20. The summed E-state index contributed by atoms with van der Waals surface area (Å²) in [5.41, 5.74) is 5.47. The fourth-order valence-electron chi connectivity index (χ4n) is 17.0. The lowest BCUT2D eigenvalue weighted by atomic mass is 10.1. The van der Waals surface area contributed by atoms with E-state index in [2.05, 4.69) is 5.32 Å². The second-order valence-corrected chi connectivity index (χ2v) is 38.4. The van der Waals surface area contributed by atoms with Crippen molar-refractivity contribution in [2.45, 2.75) is 136 Å². The Labute approximate surface area is 868 Å². The van der Waals surface area contributed by atoms with Gasteiger partial charge in [-0.3, -0.25) is 101 Å². The number of aliphatic hydroxyl groups excluding tert-OH is 1. The lowest BCUT2D eigenvalue weighted by Crippen LogP contribution is -2.54. The van der Waals surface area contributed by atoms with Gasteiger partial charge in [0.2, 0.25) is 118 Å². The molecule has 0 spiro atoms. The standard InChI is InChI=1S/C97H165N19O30S/c1-75(2)71-146-72-77(117)74-147-73-76-58-85(125)116(97(76)137)41-27-79(119)99-28-13-11-12-22-84(124)109(43-51-139-4)64-95(135)113(47-55-143-8)68-89(129)106(39-20-35-102-31-16-25-82(102)122)62-93(133)111(45-53-141-6)66-87(127)104(37-18-33-100-29-14-23-80(100)120)60-91(131)110(44-52-140-5)65-86(126)105(38-19-34-101-30-15-24-81(101)121)61-92(132)112(46-54-142-7)67-88(128)107(40-21-36-103-32-17-26-83(103)123)63-94(134)115(49-57-145-10)70-96(136)114(48-56-144-9)69-90(130)108(42-50-138-3)59-78(98)118/h75-77,117H,11-74H2,1-10H3,(H2,98,118)(H,99,119). The van der Waals surface area contributed by atoms with Crippen LogP contribution in [0.3, 0.4) is 0 Å². The molecule has 0 bridgehead atoms. The summed E-state index contributed by atoms with van der Waals surface area (Å²) in [6.07, 6.45) is 4.73. The lowest BCUT2D eigenvalue weighted by molar-refractivity contribution is -0.150. The molecule has 2 atom stereocenters. The van der Waals surface area contributed by atoms with E-state index in [1.54, 1.807) is 19.6 Å². The van der Waals surface area contributed by atoms with E-state index in [9.17, 15) is 67.4 Å². The van der Waals surface area contributed by atoms with Crippen LogP contribution >= 0.6 is 11.8 Å². The summed E-state index contributed by atoms with van der Waals surface area (Å²) >= 11 is 1.36. The fraction of sp³-hybridized carbons (Fsp3) is 0.794. The summed E-state index contributed by atoms with van der Waals surface area (Å²) in [6.45, 7) is -2.73. The zero-order valence-electron chi connectivity index (χ0n) is 88.4. The highest BCUT2D eigenvalue weighted by molar-refractivity contribution is 7.99. The number of nitrogens with one attached hydrogen (secondary N) is 1. The van der Waals surface area contributed by atoms with Crippen molar-refractivity contribution in [3.05, 3.63) is 0 Å². The highest BCUT2D eigenvalue weighted by Crippen LogP contribution is 2.26. The van der Waals surface area contributed by atoms with Crippen molar-refractivity contribution < 1.29 is 144 Å². The molecule has 147 heavy (non-hydrogen) atoms. The molecule has 5 aliphatic rings. The molecule has 20 amide bonds. The van der Waals surface area contributed by atoms with Crippen LogP contribution in [0.2, 0.25) is 0 Å². The maximum atomic E-state index is 15.3. The van der Waals surface area contributed by atoms with Crippen molar-refractivity contribution >= 4 is 130 Å². The van der Waals surface area contributed by atoms with Gasteiger partial charge in [-0.1, -0.05) is 20.3 Å². The van der Waals surface area contributed by atoms with E-state index in [1.807, 2.05) is 13.8 Å². The van der Waals surface area contributed by atoms with Crippen molar-refractivity contribution in [3.8, 4) is 0 Å². The van der Waals surface area contributed by atoms with E-state index in [1.165, 1.54) is 98.0 Å². The number of imide groups is 1. The topological polar surface area (TPSA) is 538 Å². The molecule has 49 nitrogen and oxygen atoms in total. The summed E-state index contributed by atoms with van der Waals surface area (Å²) < 4.78 is 48.3. The number of methoxy groups -OCH3 is 8. The minimum absolute atomic E-state index is 0.00656. The van der Waals surface area contributed by atoms with Crippen molar-refractivity contribution in [3.63, 3.8) is 0 Å². The molecule has 5 rings (SSSR count). The van der Waals surface area contributed by atoms with Gasteiger partial charge in [0.05, 0.1) is 150 Å². The van der Waals surface area contributed by atoms with Gasteiger partial charge >= 0.3 is 0 Å². The molecule has 5 fully saturated rings. The third-order valence-corrected chi connectivity index (χ3v) is 26.7. The molecule has 4 N–H and O–H groups in total. The Bertz CT molecular complexity index is 4190. The molecule has 2 unspecified atom stereocenters. The number of unbranched alkanes of at least 4 members (excludes halogenated alkanes) is 2. The number of ether oxygens (including phenoxy) is 9. The zero-order chi connectivity index (χ0) is 108. The number of hydrogen-bond donors (Lipinski definition) is 3. The number of rotatable bonds is 81. The number of likely N-dealkylation sites (tertiary alicyclic amines) is 5. The van der Waals surface area contributed by atoms with E-state index >= 15 is 33.6 Å². The van der Waals surface area contributed by atoms with E-state index < -0.39 is 167 Å². The smallest absolute Gasteiger partial charge is 0.242 e. The monoisotopic (exact) mass is 2110 g/mol. The van der Waals surface area contributed by atoms with E-state index in [0.29, 0.717) is 121 Å². The Morgan fingerprint density at radius 3 is 0.857 bits per heavy atom. The number of amides is 20. The second-order valence-electron chi connectivity index (χ2n) is 37.4. The molecule has 5 saturated heterocycles. The number of primary amides is 1. The van der Waals surface area contributed by atoms with Gasteiger partial charge in [0.1, 0.15) is 0 Å². The predicted molar refractivity (Wildman–Crippen MR) is 535 cm³/mol. The molecule has 0 aromatic carbocycles. The van der Waals surface area contributed by atoms with Gasteiger partial charge in [-0.15, -0.1) is 0 Å². The van der Waals surface area contributed by atoms with Crippen LogP contribution in [0.1, 0.15) is 129 Å². The van der Waals surface area contributed by atoms with E-state index in [4.69, 9.17) is 48.4 Å². The Hall–Kier alpha value is -10.4. The first-order valence-corrected chi connectivity index (χ1v) is 52.3. The molecule has 0 saturated carbocycles. The molecular formula is C97H165N19O30S. The highest BCUT2D eigenvalue weighted by Gasteiger charge is 2.40.